The molecule has 2 aromatic rings. The summed E-state index contributed by atoms with van der Waals surface area (Å²) in [6.45, 7) is 1.05. The molecule has 0 spiro atoms. The monoisotopic (exact) mass is 356 g/mol. The van der Waals surface area contributed by atoms with Crippen LogP contribution in [0.2, 0.25) is 5.02 Å². The van der Waals surface area contributed by atoms with Crippen LogP contribution in [0.4, 0.5) is 0 Å². The Kier molecular flexibility index (Phi) is 5.34. The van der Waals surface area contributed by atoms with Crippen LogP contribution >= 0.6 is 27.5 Å². The van der Waals surface area contributed by atoms with Crippen molar-refractivity contribution < 1.29 is 9.53 Å². The van der Waals surface area contributed by atoms with Gasteiger partial charge in [0, 0.05) is 18.6 Å². The van der Waals surface area contributed by atoms with E-state index >= 15 is 0 Å². The van der Waals surface area contributed by atoms with E-state index in [1.54, 1.807) is 30.1 Å². The molecule has 4 nitrogen and oxygen atoms in total. The summed E-state index contributed by atoms with van der Waals surface area (Å²) in [5, 5.41) is 4.84. The maximum absolute atomic E-state index is 12.4. The summed E-state index contributed by atoms with van der Waals surface area (Å²) in [5.74, 6) is 0.00722. The zero-order chi connectivity index (χ0) is 14.5. The van der Waals surface area contributed by atoms with Gasteiger partial charge < -0.3 is 4.74 Å². The summed E-state index contributed by atoms with van der Waals surface area (Å²) in [6, 6.07) is 7.26. The Bertz CT molecular complexity index is 596. The molecular weight excluding hydrogens is 344 g/mol. The first-order valence-corrected chi connectivity index (χ1v) is 7.27. The third-order valence-corrected chi connectivity index (χ3v) is 3.68. The zero-order valence-corrected chi connectivity index (χ0v) is 13.3. The Morgan fingerprint density at radius 1 is 1.40 bits per heavy atom. The molecule has 1 aromatic heterocycles. The molecule has 6 heteroatoms. The van der Waals surface area contributed by atoms with Crippen molar-refractivity contribution in [1.82, 2.24) is 9.78 Å². The number of Topliss-reactive ketones (excluding diaryl/α,β-unsaturated/α-hetero) is 1. The second-order valence-electron chi connectivity index (χ2n) is 4.28. The lowest BCUT2D eigenvalue weighted by Gasteiger charge is -2.07. The quantitative estimate of drug-likeness (QED) is 0.745. The molecule has 0 amide bonds. The van der Waals surface area contributed by atoms with E-state index in [0.717, 1.165) is 5.56 Å². The number of ether oxygens (including phenoxy) is 1. The summed E-state index contributed by atoms with van der Waals surface area (Å²) >= 11 is 9.20. The maximum Gasteiger partial charge on any atom is 0.186 e. The number of halogens is 2. The minimum absolute atomic E-state index is 0.00722. The second-order valence-corrected chi connectivity index (χ2v) is 5.57. The van der Waals surface area contributed by atoms with Crippen LogP contribution in [-0.4, -0.2) is 29.3 Å². The number of hydrogen-bond acceptors (Lipinski definition) is 3. The SMILES string of the molecule is COCCn1ncc(Br)c1C(=O)Cc1ccc(Cl)cc1. The molecule has 106 valence electrons. The summed E-state index contributed by atoms with van der Waals surface area (Å²) in [7, 11) is 1.62. The first kappa shape index (κ1) is 15.2. The maximum atomic E-state index is 12.4. The lowest BCUT2D eigenvalue weighted by Crippen LogP contribution is -2.15. The van der Waals surface area contributed by atoms with Crippen molar-refractivity contribution in [3.05, 3.63) is 51.2 Å². The number of ketones is 1. The Balaban J connectivity index is 2.16. The van der Waals surface area contributed by atoms with Crippen LogP contribution in [0, 0.1) is 0 Å². The molecule has 0 radical (unpaired) electrons. The van der Waals surface area contributed by atoms with Crippen molar-refractivity contribution in [3.63, 3.8) is 0 Å². The topological polar surface area (TPSA) is 44.1 Å². The Hall–Kier alpha value is -1.17. The largest absolute Gasteiger partial charge is 0.383 e. The van der Waals surface area contributed by atoms with Crippen molar-refractivity contribution in [1.29, 1.82) is 0 Å². The Morgan fingerprint density at radius 2 is 2.10 bits per heavy atom. The molecule has 0 aliphatic carbocycles. The number of rotatable bonds is 6. The molecule has 0 aliphatic heterocycles. The van der Waals surface area contributed by atoms with E-state index in [0.29, 0.717) is 34.8 Å². The van der Waals surface area contributed by atoms with Gasteiger partial charge in [-0.2, -0.15) is 5.10 Å². The zero-order valence-electron chi connectivity index (χ0n) is 11.0. The minimum Gasteiger partial charge on any atom is -0.383 e. The third-order valence-electron chi connectivity index (χ3n) is 2.84. The fourth-order valence-corrected chi connectivity index (χ4v) is 2.50. The average molecular weight is 358 g/mol. The summed E-state index contributed by atoms with van der Waals surface area (Å²) in [4.78, 5) is 12.4. The second kappa shape index (κ2) is 7.02. The highest BCUT2D eigenvalue weighted by Crippen LogP contribution is 2.19. The lowest BCUT2D eigenvalue weighted by atomic mass is 10.1. The van der Waals surface area contributed by atoms with Gasteiger partial charge in [-0.25, -0.2) is 0 Å². The van der Waals surface area contributed by atoms with Gasteiger partial charge in [0.05, 0.1) is 23.8 Å². The molecule has 0 saturated heterocycles. The van der Waals surface area contributed by atoms with E-state index in [2.05, 4.69) is 21.0 Å². The molecule has 2 rings (SSSR count). The van der Waals surface area contributed by atoms with Crippen LogP contribution in [0.15, 0.2) is 34.9 Å². The fraction of sp³-hybridized carbons (Fsp3) is 0.286. The number of methoxy groups -OCH3 is 1. The van der Waals surface area contributed by atoms with Gasteiger partial charge in [-0.15, -0.1) is 0 Å². The number of carbonyl (C=O) groups is 1. The summed E-state index contributed by atoms with van der Waals surface area (Å²) in [6.07, 6.45) is 1.94. The Morgan fingerprint density at radius 3 is 2.75 bits per heavy atom. The van der Waals surface area contributed by atoms with Gasteiger partial charge in [0.2, 0.25) is 0 Å². The summed E-state index contributed by atoms with van der Waals surface area (Å²) < 4.78 is 7.38. The predicted octanol–water partition coefficient (Wildman–Crippen LogP) is 3.37. The van der Waals surface area contributed by atoms with Crippen LogP contribution in [0.25, 0.3) is 0 Å². The van der Waals surface area contributed by atoms with Crippen molar-refractivity contribution in [2.24, 2.45) is 0 Å². The minimum atomic E-state index is 0.00722. The highest BCUT2D eigenvalue weighted by atomic mass is 79.9. The molecule has 1 heterocycles. The van der Waals surface area contributed by atoms with Gasteiger partial charge in [-0.3, -0.25) is 9.48 Å². The van der Waals surface area contributed by atoms with Crippen molar-refractivity contribution in [3.8, 4) is 0 Å². The van der Waals surface area contributed by atoms with E-state index in [1.807, 2.05) is 12.1 Å². The third kappa shape index (κ3) is 3.69. The van der Waals surface area contributed by atoms with Gasteiger partial charge in [-0.05, 0) is 33.6 Å². The van der Waals surface area contributed by atoms with Gasteiger partial charge in [0.1, 0.15) is 5.69 Å². The Labute approximate surface area is 130 Å². The molecular formula is C14H14BrClN2O2. The van der Waals surface area contributed by atoms with E-state index in [9.17, 15) is 4.79 Å². The normalized spacial score (nSPS) is 10.8. The average Bonchev–Trinajstić information content (AvgIpc) is 2.80. The van der Waals surface area contributed by atoms with E-state index < -0.39 is 0 Å². The van der Waals surface area contributed by atoms with Crippen LogP contribution < -0.4 is 0 Å². The number of benzene rings is 1. The van der Waals surface area contributed by atoms with E-state index in [-0.39, 0.29) is 5.78 Å². The van der Waals surface area contributed by atoms with Gasteiger partial charge in [0.25, 0.3) is 0 Å². The molecule has 0 saturated carbocycles. The number of aromatic nitrogens is 2. The molecule has 0 fully saturated rings. The predicted molar refractivity (Wildman–Crippen MR) is 81.3 cm³/mol. The first-order valence-electron chi connectivity index (χ1n) is 6.09. The lowest BCUT2D eigenvalue weighted by molar-refractivity contribution is 0.0978. The van der Waals surface area contributed by atoms with Crippen molar-refractivity contribution >= 4 is 33.3 Å². The highest BCUT2D eigenvalue weighted by Gasteiger charge is 2.17. The van der Waals surface area contributed by atoms with E-state index in [4.69, 9.17) is 16.3 Å². The molecule has 0 N–H and O–H groups in total. The van der Waals surface area contributed by atoms with Crippen LogP contribution in [0.1, 0.15) is 16.1 Å². The summed E-state index contributed by atoms with van der Waals surface area (Å²) in [5.41, 5.74) is 1.49. The van der Waals surface area contributed by atoms with Gasteiger partial charge in [0.15, 0.2) is 5.78 Å². The fourth-order valence-electron chi connectivity index (χ4n) is 1.86. The highest BCUT2D eigenvalue weighted by molar-refractivity contribution is 9.10. The number of nitrogens with zero attached hydrogens (tertiary/aromatic N) is 2. The van der Waals surface area contributed by atoms with E-state index in [1.165, 1.54) is 0 Å². The van der Waals surface area contributed by atoms with Gasteiger partial charge in [-0.1, -0.05) is 23.7 Å². The van der Waals surface area contributed by atoms with Crippen molar-refractivity contribution in [2.75, 3.05) is 13.7 Å². The van der Waals surface area contributed by atoms with Gasteiger partial charge >= 0.3 is 0 Å². The number of hydrogen-bond donors (Lipinski definition) is 0. The van der Waals surface area contributed by atoms with Crippen molar-refractivity contribution in [2.45, 2.75) is 13.0 Å². The molecule has 0 unspecified atom stereocenters. The van der Waals surface area contributed by atoms with Crippen LogP contribution in [0.5, 0.6) is 0 Å². The molecule has 20 heavy (non-hydrogen) atoms. The standard InChI is InChI=1S/C14H14BrClN2O2/c1-20-7-6-18-14(12(15)9-17-18)13(19)8-10-2-4-11(16)5-3-10/h2-5,9H,6-8H2,1H3. The van der Waals surface area contributed by atoms with Crippen LogP contribution in [-0.2, 0) is 17.7 Å². The molecule has 0 atom stereocenters. The first-order chi connectivity index (χ1) is 9.61. The molecule has 0 aliphatic rings. The smallest absolute Gasteiger partial charge is 0.186 e. The number of carbonyl (C=O) groups excluding carboxylic acids is 1. The molecule has 0 bridgehead atoms. The molecule has 1 aromatic carbocycles. The van der Waals surface area contributed by atoms with Crippen LogP contribution in [0.3, 0.4) is 0 Å².